The molecule has 282 valence electrons. The first-order valence-electron chi connectivity index (χ1n) is 18.1. The van der Waals surface area contributed by atoms with E-state index in [2.05, 4.69) is 14.9 Å². The lowest BCUT2D eigenvalue weighted by molar-refractivity contribution is -0.0620. The van der Waals surface area contributed by atoms with Gasteiger partial charge in [0.1, 0.15) is 11.5 Å². The second-order valence-electron chi connectivity index (χ2n) is 13.8. The standard InChI is InChI=1S/C40H43ClN6O7/c1-44-24-32(29-6-13-42-23-31(29)39(44)50)26-21-35(52-2)30(36(22-26)53-3)11-16-45-14-7-27(8-15-45)54-28-9-17-46(18-10-28)38(49)25-4-5-33(41)34(20-25)47-19-12-37(48)43-40(47)51/h4-6,12-13,19-24,27-28H,7-11,14-18H2,1-3H3,(H,43,48,51). The van der Waals surface area contributed by atoms with Gasteiger partial charge in [-0.05, 0) is 79.5 Å². The minimum absolute atomic E-state index is 0.0820. The number of methoxy groups -OCH3 is 2. The third-order valence-electron chi connectivity index (χ3n) is 10.5. The Morgan fingerprint density at radius 1 is 0.907 bits per heavy atom. The Morgan fingerprint density at radius 3 is 2.26 bits per heavy atom. The summed E-state index contributed by atoms with van der Waals surface area (Å²) >= 11 is 6.35. The van der Waals surface area contributed by atoms with Gasteiger partial charge >= 0.3 is 5.69 Å². The van der Waals surface area contributed by atoms with Gasteiger partial charge in [-0.2, -0.15) is 0 Å². The second-order valence-corrected chi connectivity index (χ2v) is 14.2. The van der Waals surface area contributed by atoms with Crippen molar-refractivity contribution in [1.82, 2.24) is 28.9 Å². The van der Waals surface area contributed by atoms with Crippen LogP contribution in [0.1, 0.15) is 41.6 Å². The monoisotopic (exact) mass is 754 g/mol. The van der Waals surface area contributed by atoms with E-state index in [0.29, 0.717) is 34.7 Å². The highest BCUT2D eigenvalue weighted by atomic mass is 35.5. The van der Waals surface area contributed by atoms with E-state index in [1.165, 1.54) is 16.8 Å². The molecule has 0 saturated carbocycles. The molecule has 0 atom stereocenters. The summed E-state index contributed by atoms with van der Waals surface area (Å²) < 4.78 is 21.1. The molecule has 2 fully saturated rings. The number of rotatable bonds is 10. The van der Waals surface area contributed by atoms with E-state index in [1.54, 1.807) is 56.4 Å². The molecular formula is C40H43ClN6O7. The zero-order valence-electron chi connectivity index (χ0n) is 30.5. The highest BCUT2D eigenvalue weighted by molar-refractivity contribution is 6.32. The summed E-state index contributed by atoms with van der Waals surface area (Å²) in [6.45, 7) is 3.81. The van der Waals surface area contributed by atoms with Crippen LogP contribution >= 0.6 is 11.6 Å². The quantitative estimate of drug-likeness (QED) is 0.219. The first-order valence-corrected chi connectivity index (χ1v) is 18.5. The van der Waals surface area contributed by atoms with Crippen molar-refractivity contribution in [2.75, 3.05) is 46.9 Å². The number of hydrogen-bond acceptors (Lipinski definition) is 9. The predicted octanol–water partition coefficient (Wildman–Crippen LogP) is 4.44. The van der Waals surface area contributed by atoms with Crippen molar-refractivity contribution in [3.63, 3.8) is 0 Å². The Kier molecular flexibility index (Phi) is 11.0. The Morgan fingerprint density at radius 2 is 1.59 bits per heavy atom. The van der Waals surface area contributed by atoms with Crippen molar-refractivity contribution in [3.8, 4) is 28.3 Å². The lowest BCUT2D eigenvalue weighted by Gasteiger charge is -2.37. The van der Waals surface area contributed by atoms with Crippen LogP contribution in [-0.2, 0) is 18.2 Å². The largest absolute Gasteiger partial charge is 0.496 e. The van der Waals surface area contributed by atoms with Gasteiger partial charge in [0.15, 0.2) is 0 Å². The van der Waals surface area contributed by atoms with Crippen LogP contribution in [0.2, 0.25) is 5.02 Å². The number of H-pyrrole nitrogens is 1. The third-order valence-corrected chi connectivity index (χ3v) is 10.8. The normalized spacial score (nSPS) is 15.8. The van der Waals surface area contributed by atoms with Crippen molar-refractivity contribution < 1.29 is 19.0 Å². The number of aromatic amines is 1. The average Bonchev–Trinajstić information content (AvgIpc) is 3.19. The summed E-state index contributed by atoms with van der Waals surface area (Å²) in [4.78, 5) is 60.7. The van der Waals surface area contributed by atoms with Gasteiger partial charge in [-0.3, -0.25) is 28.9 Å². The number of nitrogens with one attached hydrogen (secondary N) is 1. The van der Waals surface area contributed by atoms with E-state index in [1.807, 2.05) is 29.3 Å². The summed E-state index contributed by atoms with van der Waals surface area (Å²) in [5.74, 6) is 1.34. The number of carbonyl (C=O) groups is 1. The van der Waals surface area contributed by atoms with E-state index < -0.39 is 11.2 Å². The molecule has 2 aromatic carbocycles. The summed E-state index contributed by atoms with van der Waals surface area (Å²) in [7, 11) is 5.08. The topological polar surface area (TPSA) is 141 Å². The van der Waals surface area contributed by atoms with Crippen LogP contribution in [0.25, 0.3) is 27.6 Å². The lowest BCUT2D eigenvalue weighted by atomic mass is 9.97. The zero-order valence-corrected chi connectivity index (χ0v) is 31.3. The number of hydrogen-bond donors (Lipinski definition) is 1. The number of aryl methyl sites for hydroxylation is 1. The van der Waals surface area contributed by atoms with Crippen LogP contribution in [0, 0.1) is 0 Å². The third kappa shape index (κ3) is 7.70. The van der Waals surface area contributed by atoms with Crippen LogP contribution in [0.3, 0.4) is 0 Å². The predicted molar refractivity (Wildman–Crippen MR) is 206 cm³/mol. The Bertz CT molecular complexity index is 2330. The van der Waals surface area contributed by atoms with E-state index in [-0.39, 0.29) is 23.7 Å². The van der Waals surface area contributed by atoms with Crippen LogP contribution in [0.15, 0.2) is 81.6 Å². The molecule has 5 aromatic rings. The molecule has 13 nitrogen and oxygen atoms in total. The molecule has 0 radical (unpaired) electrons. The number of nitrogens with zero attached hydrogens (tertiary/aromatic N) is 5. The van der Waals surface area contributed by atoms with Crippen molar-refractivity contribution in [2.24, 2.45) is 7.05 Å². The maximum absolute atomic E-state index is 13.4. The van der Waals surface area contributed by atoms with Gasteiger partial charge in [-0.25, -0.2) is 4.79 Å². The first kappa shape index (κ1) is 37.1. The second kappa shape index (κ2) is 16.0. The minimum atomic E-state index is -0.629. The molecule has 54 heavy (non-hydrogen) atoms. The molecule has 0 unspecified atom stereocenters. The maximum Gasteiger partial charge on any atom is 0.332 e. The van der Waals surface area contributed by atoms with Crippen molar-refractivity contribution >= 4 is 28.3 Å². The molecule has 0 spiro atoms. The van der Waals surface area contributed by atoms with E-state index in [9.17, 15) is 19.2 Å². The molecule has 5 heterocycles. The fourth-order valence-electron chi connectivity index (χ4n) is 7.55. The van der Waals surface area contributed by atoms with E-state index in [4.69, 9.17) is 25.8 Å². The Balaban J connectivity index is 0.921. The zero-order chi connectivity index (χ0) is 37.9. The first-order chi connectivity index (χ1) is 26.1. The van der Waals surface area contributed by atoms with Gasteiger partial charge in [-0.15, -0.1) is 0 Å². The van der Waals surface area contributed by atoms with Gasteiger partial charge in [-0.1, -0.05) is 11.6 Å². The van der Waals surface area contributed by atoms with Crippen LogP contribution < -0.4 is 26.3 Å². The smallest absolute Gasteiger partial charge is 0.332 e. The summed E-state index contributed by atoms with van der Waals surface area (Å²) in [5, 5.41) is 1.67. The molecule has 3 aromatic heterocycles. The fraction of sp³-hybridized carbons (Fsp3) is 0.375. The number of likely N-dealkylation sites (tertiary alicyclic amines) is 2. The molecule has 1 N–H and O–H groups in total. The molecule has 2 saturated heterocycles. The number of halogens is 1. The molecule has 0 aliphatic carbocycles. The lowest BCUT2D eigenvalue weighted by Crippen LogP contribution is -2.44. The molecule has 7 rings (SSSR count). The molecule has 14 heteroatoms. The molecular weight excluding hydrogens is 712 g/mol. The van der Waals surface area contributed by atoms with Crippen LogP contribution in [0.4, 0.5) is 0 Å². The number of amides is 1. The van der Waals surface area contributed by atoms with Gasteiger partial charge in [0.05, 0.1) is 42.5 Å². The number of piperidine rings is 2. The highest BCUT2D eigenvalue weighted by Gasteiger charge is 2.29. The fourth-order valence-corrected chi connectivity index (χ4v) is 7.76. The van der Waals surface area contributed by atoms with Crippen molar-refractivity contribution in [2.45, 2.75) is 44.3 Å². The number of pyridine rings is 2. The Hall–Kier alpha value is -5.24. The van der Waals surface area contributed by atoms with Gasteiger partial charge in [0.25, 0.3) is 17.0 Å². The Labute approximate surface area is 316 Å². The SMILES string of the molecule is COc1cc(-c2cn(C)c(=O)c3cnccc23)cc(OC)c1CCN1CCC(OC2CCN(C(=O)c3ccc(Cl)c(-n4ccc(=O)[nH]c4=O)c3)CC2)CC1. The number of benzene rings is 2. The molecule has 1 amide bonds. The summed E-state index contributed by atoms with van der Waals surface area (Å²) in [6.07, 6.45) is 10.8. The van der Waals surface area contributed by atoms with E-state index in [0.717, 1.165) is 85.3 Å². The van der Waals surface area contributed by atoms with Crippen molar-refractivity contribution in [1.29, 1.82) is 0 Å². The summed E-state index contributed by atoms with van der Waals surface area (Å²) in [6, 6.07) is 11.9. The van der Waals surface area contributed by atoms with Gasteiger partial charge in [0.2, 0.25) is 0 Å². The number of aromatic nitrogens is 4. The minimum Gasteiger partial charge on any atom is -0.496 e. The van der Waals surface area contributed by atoms with Crippen molar-refractivity contribution in [3.05, 3.63) is 115 Å². The number of ether oxygens (including phenoxy) is 3. The number of carbonyl (C=O) groups excluding carboxylic acids is 1. The molecule has 2 aliphatic heterocycles. The summed E-state index contributed by atoms with van der Waals surface area (Å²) in [5.41, 5.74) is 2.30. The van der Waals surface area contributed by atoms with Crippen LogP contribution in [0.5, 0.6) is 11.5 Å². The molecule has 0 bridgehead atoms. The number of fused-ring (bicyclic) bond motifs is 1. The van der Waals surface area contributed by atoms with E-state index >= 15 is 0 Å². The van der Waals surface area contributed by atoms with Crippen LogP contribution in [-0.4, -0.2) is 94.0 Å². The van der Waals surface area contributed by atoms with Gasteiger partial charge in [0, 0.05) is 87.3 Å². The molecule has 2 aliphatic rings. The maximum atomic E-state index is 13.4. The highest BCUT2D eigenvalue weighted by Crippen LogP contribution is 2.37. The van der Waals surface area contributed by atoms with Gasteiger partial charge < -0.3 is 28.6 Å². The average molecular weight is 755 g/mol.